The summed E-state index contributed by atoms with van der Waals surface area (Å²) in [6.07, 6.45) is -0.285. The molecule has 1 aromatic carbocycles. The molecule has 0 spiro atoms. The Morgan fingerprint density at radius 1 is 1.05 bits per heavy atom. The lowest BCUT2D eigenvalue weighted by Crippen LogP contribution is -2.52. The van der Waals surface area contributed by atoms with Crippen LogP contribution < -0.4 is 26.4 Å². The molecule has 3 aliphatic rings. The number of benzene rings is 1. The highest BCUT2D eigenvalue weighted by Gasteiger charge is 2.46. The normalized spacial score (nSPS) is 19.4. The Labute approximate surface area is 356 Å². The van der Waals surface area contributed by atoms with E-state index in [1.165, 1.54) is 13.8 Å². The van der Waals surface area contributed by atoms with Crippen molar-refractivity contribution in [2.45, 2.75) is 70.5 Å². The van der Waals surface area contributed by atoms with Crippen LogP contribution in [0.2, 0.25) is 0 Å². The maximum absolute atomic E-state index is 13.9. The molecule has 1 fully saturated rings. The SMILES string of the molecule is CC[C@@]1(O)C(=O)OCc2c1cc1n(c2=O)Cc2c-1nc1ccc(NC(=O)[C@H](C)NC(=O)[C@H](C)NC(=O)C(CCOP(=O)(O)OCC[N+](C)(C)C)N=[N+]=[N-])cc1c2N1CCOCC1. The van der Waals surface area contributed by atoms with Crippen LogP contribution in [0.5, 0.6) is 0 Å². The number of esters is 1. The third-order valence-electron chi connectivity index (χ3n) is 10.9. The highest BCUT2D eigenvalue weighted by atomic mass is 31.2. The number of fused-ring (bicyclic) bond motifs is 5. The number of phosphoric acid groups is 1. The fraction of sp³-hybridized carbons (Fsp3) is 0.538. The number of carbonyl (C=O) groups is 4. The number of morpholine rings is 1. The minimum absolute atomic E-state index is 0.00862. The van der Waals surface area contributed by atoms with E-state index in [1.54, 1.807) is 35.8 Å². The van der Waals surface area contributed by atoms with E-state index in [4.69, 9.17) is 29.0 Å². The largest absolute Gasteiger partial charge is 0.472 e. The number of hydrogen-bond acceptors (Lipinski definition) is 14. The molecule has 22 nitrogen and oxygen atoms in total. The number of phosphoric ester groups is 1. The van der Waals surface area contributed by atoms with E-state index in [0.29, 0.717) is 65.3 Å². The molecule has 1 saturated heterocycles. The van der Waals surface area contributed by atoms with Crippen molar-refractivity contribution in [2.75, 3.05) is 77.4 Å². The lowest BCUT2D eigenvalue weighted by atomic mass is 9.86. The minimum atomic E-state index is -4.44. The summed E-state index contributed by atoms with van der Waals surface area (Å²) in [5.41, 5.74) is 10.5. The Hall–Kier alpha value is -5.44. The Kier molecular flexibility index (Phi) is 13.7. The van der Waals surface area contributed by atoms with E-state index in [2.05, 4.69) is 30.9 Å². The molecule has 23 heteroatoms. The Balaban J connectivity index is 1.14. The van der Waals surface area contributed by atoms with Crippen LogP contribution in [-0.2, 0) is 61.0 Å². The van der Waals surface area contributed by atoms with Gasteiger partial charge >= 0.3 is 13.8 Å². The van der Waals surface area contributed by atoms with Crippen LogP contribution in [-0.4, -0.2) is 133 Å². The molecule has 0 radical (unpaired) electrons. The number of quaternary nitrogens is 1. The van der Waals surface area contributed by atoms with Crippen molar-refractivity contribution in [1.29, 1.82) is 0 Å². The minimum Gasteiger partial charge on any atom is -0.458 e. The molecule has 0 aliphatic carbocycles. The third-order valence-corrected chi connectivity index (χ3v) is 11.9. The number of amides is 3. The number of hydrogen-bond donors (Lipinski definition) is 5. The van der Waals surface area contributed by atoms with E-state index in [9.17, 15) is 38.5 Å². The number of azide groups is 1. The number of rotatable bonds is 17. The Morgan fingerprint density at radius 3 is 2.40 bits per heavy atom. The van der Waals surface area contributed by atoms with Gasteiger partial charge in [-0.2, -0.15) is 0 Å². The fourth-order valence-electron chi connectivity index (χ4n) is 7.36. The van der Waals surface area contributed by atoms with Gasteiger partial charge in [0, 0.05) is 40.2 Å². The molecule has 5 N–H and O–H groups in total. The van der Waals surface area contributed by atoms with Gasteiger partial charge in [-0.1, -0.05) is 12.0 Å². The number of cyclic esters (lactones) is 1. The molecule has 5 atom stereocenters. The Bertz CT molecular complexity index is 2430. The molecular weight excluding hydrogens is 831 g/mol. The zero-order chi connectivity index (χ0) is 45.1. The molecule has 3 amide bonds. The summed E-state index contributed by atoms with van der Waals surface area (Å²) >= 11 is 0. The number of pyridine rings is 2. The zero-order valence-corrected chi connectivity index (χ0v) is 36.3. The van der Waals surface area contributed by atoms with Crippen molar-refractivity contribution in [1.82, 2.24) is 20.2 Å². The Morgan fingerprint density at radius 2 is 1.73 bits per heavy atom. The van der Waals surface area contributed by atoms with Crippen molar-refractivity contribution in [3.63, 3.8) is 0 Å². The van der Waals surface area contributed by atoms with Crippen LogP contribution in [0.4, 0.5) is 11.4 Å². The van der Waals surface area contributed by atoms with Gasteiger partial charge < -0.3 is 49.4 Å². The van der Waals surface area contributed by atoms with Crippen molar-refractivity contribution < 1.29 is 56.7 Å². The van der Waals surface area contributed by atoms with Crippen LogP contribution in [0.25, 0.3) is 32.7 Å². The summed E-state index contributed by atoms with van der Waals surface area (Å²) in [6.45, 7) is 6.25. The molecule has 6 rings (SSSR count). The van der Waals surface area contributed by atoms with Crippen LogP contribution >= 0.6 is 7.82 Å². The van der Waals surface area contributed by atoms with Crippen molar-refractivity contribution >= 4 is 53.8 Å². The average molecular weight is 884 g/mol. The molecule has 3 aliphatic heterocycles. The number of aliphatic hydroxyl groups is 1. The molecule has 3 aromatic rings. The number of carbonyl (C=O) groups excluding carboxylic acids is 4. The first-order valence-electron chi connectivity index (χ1n) is 20.1. The summed E-state index contributed by atoms with van der Waals surface area (Å²) in [5, 5.41) is 23.2. The molecular formula is C39H52N10O12P+. The van der Waals surface area contributed by atoms with Crippen LogP contribution in [0.3, 0.4) is 0 Å². The van der Waals surface area contributed by atoms with Crippen LogP contribution in [0, 0.1) is 0 Å². The van der Waals surface area contributed by atoms with Crippen LogP contribution in [0.15, 0.2) is 34.2 Å². The van der Waals surface area contributed by atoms with Gasteiger partial charge in [-0.25, -0.2) is 14.3 Å². The summed E-state index contributed by atoms with van der Waals surface area (Å²) in [6, 6.07) is 3.11. The maximum atomic E-state index is 13.9. The van der Waals surface area contributed by atoms with Gasteiger partial charge in [0.25, 0.3) is 5.56 Å². The van der Waals surface area contributed by atoms with Gasteiger partial charge in [0.1, 0.15) is 37.9 Å². The molecule has 0 bridgehead atoms. The second-order valence-corrected chi connectivity index (χ2v) is 17.8. The van der Waals surface area contributed by atoms with E-state index in [1.807, 2.05) is 21.1 Å². The van der Waals surface area contributed by atoms with E-state index < -0.39 is 67.4 Å². The standard InChI is InChI=1S/C39H51N10O12P/c1-7-39(55)28-19-31-32-26(20-48(31)37(53)27(28)21-59-38(39)54)33(47-11-15-58-16-12-47)25-18-24(8-9-29(25)44-32)43-35(51)23(3)41-34(50)22(2)42-36(52)30(45-46-40)10-14-60-62(56,57)61-17-13-49(4,5)6/h8-9,18-19,22-23,30,55H,7,10-17,20-21H2,1-6H3,(H3-,41,42,43,50,51,52,53,56,57)/p+1/t22-,23-,30?,39-/m0/s1. The summed E-state index contributed by atoms with van der Waals surface area (Å²) < 4.78 is 35.0. The first-order chi connectivity index (χ1) is 29.3. The van der Waals surface area contributed by atoms with Gasteiger partial charge in [-0.05, 0) is 56.5 Å². The number of aromatic nitrogens is 2. The number of nitrogens with one attached hydrogen (secondary N) is 3. The van der Waals surface area contributed by atoms with E-state index in [0.717, 1.165) is 11.3 Å². The highest BCUT2D eigenvalue weighted by Crippen LogP contribution is 2.45. The number of likely N-dealkylation sites (N-methyl/N-ethyl adjacent to an activating group) is 1. The second kappa shape index (κ2) is 18.5. The second-order valence-electron chi connectivity index (χ2n) is 16.3. The highest BCUT2D eigenvalue weighted by molar-refractivity contribution is 7.47. The summed E-state index contributed by atoms with van der Waals surface area (Å²) in [5.74, 6) is -2.97. The van der Waals surface area contributed by atoms with Gasteiger partial charge in [-0.15, -0.1) is 0 Å². The molecule has 5 heterocycles. The predicted octanol–water partition coefficient (Wildman–Crippen LogP) is 1.77. The smallest absolute Gasteiger partial charge is 0.458 e. The predicted molar refractivity (Wildman–Crippen MR) is 224 cm³/mol. The summed E-state index contributed by atoms with van der Waals surface area (Å²) in [7, 11) is 1.18. The van der Waals surface area contributed by atoms with Crippen LogP contribution in [0.1, 0.15) is 50.3 Å². The zero-order valence-electron chi connectivity index (χ0n) is 35.4. The van der Waals surface area contributed by atoms with Crippen molar-refractivity contribution in [3.05, 3.63) is 61.8 Å². The topological polar surface area (TPSA) is 286 Å². The number of ether oxygens (including phenoxy) is 2. The summed E-state index contributed by atoms with van der Waals surface area (Å²) in [4.78, 5) is 85.8. The van der Waals surface area contributed by atoms with E-state index in [-0.39, 0.29) is 43.7 Å². The van der Waals surface area contributed by atoms with Crippen molar-refractivity contribution in [2.24, 2.45) is 5.11 Å². The van der Waals surface area contributed by atoms with Gasteiger partial charge in [0.15, 0.2) is 5.60 Å². The van der Waals surface area contributed by atoms with Crippen molar-refractivity contribution in [3.8, 4) is 11.4 Å². The number of anilines is 2. The monoisotopic (exact) mass is 883 g/mol. The lowest BCUT2D eigenvalue weighted by molar-refractivity contribution is -0.870. The van der Waals surface area contributed by atoms with Gasteiger partial charge in [-0.3, -0.25) is 28.2 Å². The van der Waals surface area contributed by atoms with Gasteiger partial charge in [0.05, 0.1) is 75.7 Å². The molecule has 2 aromatic heterocycles. The third kappa shape index (κ3) is 9.93. The lowest BCUT2D eigenvalue weighted by Gasteiger charge is -2.31. The molecule has 0 saturated carbocycles. The number of nitrogens with zero attached hydrogens (tertiary/aromatic N) is 7. The maximum Gasteiger partial charge on any atom is 0.472 e. The molecule has 334 valence electrons. The molecule has 62 heavy (non-hydrogen) atoms. The first kappa shape index (κ1) is 46.1. The quantitative estimate of drug-likeness (QED) is 0.0253. The van der Waals surface area contributed by atoms with E-state index >= 15 is 0 Å². The fourth-order valence-corrected chi connectivity index (χ4v) is 8.09. The van der Waals surface area contributed by atoms with Gasteiger partial charge in [0.2, 0.25) is 17.7 Å². The first-order valence-corrected chi connectivity index (χ1v) is 21.6. The molecule has 2 unspecified atom stereocenters. The average Bonchev–Trinajstić information content (AvgIpc) is 3.58.